The van der Waals surface area contributed by atoms with Gasteiger partial charge >= 0.3 is 12.1 Å². The van der Waals surface area contributed by atoms with Crippen molar-refractivity contribution in [2.24, 2.45) is 0 Å². The molecule has 0 unspecified atom stereocenters. The van der Waals surface area contributed by atoms with Crippen LogP contribution in [0.5, 0.6) is 0 Å². The number of morpholine rings is 1. The van der Waals surface area contributed by atoms with Gasteiger partial charge in [0.2, 0.25) is 5.82 Å². The number of benzene rings is 1. The molecule has 1 aliphatic rings. The van der Waals surface area contributed by atoms with Crippen molar-refractivity contribution in [2.75, 3.05) is 26.3 Å². The molecule has 1 atom stereocenters. The third-order valence-electron chi connectivity index (χ3n) is 4.91. The van der Waals surface area contributed by atoms with Gasteiger partial charge in [-0.1, -0.05) is 21.8 Å². The molecule has 33 heavy (non-hydrogen) atoms. The molecule has 1 aliphatic heterocycles. The van der Waals surface area contributed by atoms with E-state index in [4.69, 9.17) is 4.74 Å². The number of nitrogens with zero attached hydrogens (tertiary/aromatic N) is 5. The predicted octanol–water partition coefficient (Wildman–Crippen LogP) is 2.19. The summed E-state index contributed by atoms with van der Waals surface area (Å²) in [6.07, 6.45) is -4.74. The first-order valence-electron chi connectivity index (χ1n) is 9.71. The molecule has 2 amide bonds. The third-order valence-corrected chi connectivity index (χ3v) is 5.72. The SMILES string of the molecule is Cc1nnsc1C(=O)N1CCOC[C@H]1CNC(=O)c1ccc(-c2noc(C(F)(F)F)n2)cc1. The normalized spacial score (nSPS) is 16.6. The van der Waals surface area contributed by atoms with E-state index in [9.17, 15) is 22.8 Å². The molecule has 1 saturated heterocycles. The van der Waals surface area contributed by atoms with Crippen LogP contribution in [0.3, 0.4) is 0 Å². The molecular formula is C19H17F3N6O4S. The Morgan fingerprint density at radius 3 is 2.67 bits per heavy atom. The number of ether oxygens (including phenoxy) is 1. The summed E-state index contributed by atoms with van der Waals surface area (Å²) in [6.45, 7) is 2.87. The Morgan fingerprint density at radius 1 is 1.27 bits per heavy atom. The van der Waals surface area contributed by atoms with Gasteiger partial charge in [-0.25, -0.2) is 0 Å². The molecule has 0 bridgehead atoms. The highest BCUT2D eigenvalue weighted by atomic mass is 32.1. The molecule has 3 heterocycles. The monoisotopic (exact) mass is 482 g/mol. The fraction of sp³-hybridized carbons (Fsp3) is 0.368. The van der Waals surface area contributed by atoms with Crippen molar-refractivity contribution in [3.8, 4) is 11.4 Å². The average molecular weight is 482 g/mol. The molecule has 14 heteroatoms. The lowest BCUT2D eigenvalue weighted by molar-refractivity contribution is -0.159. The van der Waals surface area contributed by atoms with Crippen LogP contribution >= 0.6 is 11.5 Å². The van der Waals surface area contributed by atoms with Gasteiger partial charge in [0.05, 0.1) is 24.9 Å². The van der Waals surface area contributed by atoms with Crippen LogP contribution < -0.4 is 5.32 Å². The van der Waals surface area contributed by atoms with Crippen LogP contribution in [-0.2, 0) is 10.9 Å². The third kappa shape index (κ3) is 5.01. The minimum Gasteiger partial charge on any atom is -0.377 e. The van der Waals surface area contributed by atoms with Gasteiger partial charge in [0.25, 0.3) is 11.8 Å². The zero-order valence-electron chi connectivity index (χ0n) is 17.1. The van der Waals surface area contributed by atoms with Crippen molar-refractivity contribution in [2.45, 2.75) is 19.1 Å². The predicted molar refractivity (Wildman–Crippen MR) is 107 cm³/mol. The second-order valence-electron chi connectivity index (χ2n) is 7.12. The van der Waals surface area contributed by atoms with E-state index in [1.54, 1.807) is 11.8 Å². The molecule has 2 aromatic heterocycles. The van der Waals surface area contributed by atoms with Crippen molar-refractivity contribution < 1.29 is 32.0 Å². The quantitative estimate of drug-likeness (QED) is 0.587. The summed E-state index contributed by atoms with van der Waals surface area (Å²) >= 11 is 1.02. The summed E-state index contributed by atoms with van der Waals surface area (Å²) in [5.74, 6) is -2.32. The first-order chi connectivity index (χ1) is 15.7. The van der Waals surface area contributed by atoms with Crippen molar-refractivity contribution in [1.29, 1.82) is 0 Å². The maximum Gasteiger partial charge on any atom is 0.471 e. The van der Waals surface area contributed by atoms with Gasteiger partial charge in [-0.3, -0.25) is 9.59 Å². The Morgan fingerprint density at radius 2 is 2.03 bits per heavy atom. The van der Waals surface area contributed by atoms with E-state index in [0.717, 1.165) is 11.5 Å². The molecule has 1 N–H and O–H groups in total. The molecule has 174 valence electrons. The topological polar surface area (TPSA) is 123 Å². The van der Waals surface area contributed by atoms with Crippen LogP contribution in [0.1, 0.15) is 31.6 Å². The lowest BCUT2D eigenvalue weighted by Crippen LogP contribution is -2.53. The average Bonchev–Trinajstić information content (AvgIpc) is 3.47. The standard InChI is InChI=1S/C19H17F3N6O4S/c1-10-14(33-27-25-10)17(30)28-6-7-31-9-13(28)8-23-16(29)12-4-2-11(3-5-12)15-24-18(32-26-15)19(20,21)22/h2-5,13H,6-9H2,1H3,(H,23,29)/t13-/m1/s1. The summed E-state index contributed by atoms with van der Waals surface area (Å²) in [7, 11) is 0. The largest absolute Gasteiger partial charge is 0.471 e. The highest BCUT2D eigenvalue weighted by Gasteiger charge is 2.38. The van der Waals surface area contributed by atoms with Gasteiger partial charge in [0.15, 0.2) is 0 Å². The second kappa shape index (κ2) is 9.23. The van der Waals surface area contributed by atoms with Gasteiger partial charge in [-0.05, 0) is 30.6 Å². The number of amides is 2. The number of alkyl halides is 3. The van der Waals surface area contributed by atoms with Crippen LogP contribution in [0.4, 0.5) is 13.2 Å². The molecule has 1 aromatic carbocycles. The van der Waals surface area contributed by atoms with Crippen LogP contribution in [0.15, 0.2) is 28.8 Å². The fourth-order valence-electron chi connectivity index (χ4n) is 3.19. The molecule has 0 aliphatic carbocycles. The van der Waals surface area contributed by atoms with Crippen molar-refractivity contribution in [1.82, 2.24) is 29.9 Å². The zero-order valence-corrected chi connectivity index (χ0v) is 17.9. The number of carbonyl (C=O) groups is 2. The molecule has 0 spiro atoms. The van der Waals surface area contributed by atoms with Crippen molar-refractivity contribution in [3.63, 3.8) is 0 Å². The van der Waals surface area contributed by atoms with E-state index < -0.39 is 18.0 Å². The molecule has 0 radical (unpaired) electrons. The van der Waals surface area contributed by atoms with E-state index in [-0.39, 0.29) is 42.1 Å². The number of hydrogen-bond acceptors (Lipinski definition) is 9. The van der Waals surface area contributed by atoms with Crippen LogP contribution in [0, 0.1) is 6.92 Å². The summed E-state index contributed by atoms with van der Waals surface area (Å²) in [6, 6.07) is 5.32. The number of aromatic nitrogens is 4. The Kier molecular flexibility index (Phi) is 6.37. The van der Waals surface area contributed by atoms with Crippen LogP contribution in [0.25, 0.3) is 11.4 Å². The number of nitrogens with one attached hydrogen (secondary N) is 1. The van der Waals surface area contributed by atoms with Gasteiger partial charge < -0.3 is 19.5 Å². The number of halogens is 3. The van der Waals surface area contributed by atoms with Gasteiger partial charge in [0.1, 0.15) is 4.88 Å². The molecule has 3 aromatic rings. The molecule has 4 rings (SSSR count). The number of aryl methyl sites for hydroxylation is 1. The lowest BCUT2D eigenvalue weighted by Gasteiger charge is -2.35. The highest BCUT2D eigenvalue weighted by Crippen LogP contribution is 2.29. The van der Waals surface area contributed by atoms with Crippen LogP contribution in [-0.4, -0.2) is 68.8 Å². The van der Waals surface area contributed by atoms with E-state index in [0.29, 0.717) is 23.7 Å². The lowest BCUT2D eigenvalue weighted by atomic mass is 10.1. The zero-order chi connectivity index (χ0) is 23.6. The maximum atomic E-state index is 12.8. The molecule has 0 saturated carbocycles. The number of hydrogen-bond donors (Lipinski definition) is 1. The minimum atomic E-state index is -4.74. The molecule has 1 fully saturated rings. The Labute approximate surface area is 188 Å². The smallest absolute Gasteiger partial charge is 0.377 e. The first kappa shape index (κ1) is 22.8. The number of rotatable bonds is 5. The maximum absolute atomic E-state index is 12.8. The summed E-state index contributed by atoms with van der Waals surface area (Å²) in [5.41, 5.74) is 1.08. The van der Waals surface area contributed by atoms with Gasteiger partial charge in [-0.2, -0.15) is 18.2 Å². The van der Waals surface area contributed by atoms with Crippen LogP contribution in [0.2, 0.25) is 0 Å². The van der Waals surface area contributed by atoms with E-state index in [2.05, 4.69) is 29.6 Å². The van der Waals surface area contributed by atoms with E-state index in [1.165, 1.54) is 24.3 Å². The molecular weight excluding hydrogens is 465 g/mol. The van der Waals surface area contributed by atoms with Crippen molar-refractivity contribution >= 4 is 23.3 Å². The second-order valence-corrected chi connectivity index (χ2v) is 7.88. The van der Waals surface area contributed by atoms with Gasteiger partial charge in [0, 0.05) is 24.2 Å². The summed E-state index contributed by atoms with van der Waals surface area (Å²) in [5, 5.41) is 9.93. The number of carbonyl (C=O) groups excluding carboxylic acids is 2. The van der Waals surface area contributed by atoms with Gasteiger partial charge in [-0.15, -0.1) is 5.10 Å². The summed E-state index contributed by atoms with van der Waals surface area (Å²) in [4.78, 5) is 30.8. The Balaban J connectivity index is 1.39. The Hall–Kier alpha value is -3.39. The Bertz CT molecular complexity index is 1150. The van der Waals surface area contributed by atoms with E-state index in [1.807, 2.05) is 0 Å². The van der Waals surface area contributed by atoms with Crippen molar-refractivity contribution in [3.05, 3.63) is 46.3 Å². The first-order valence-corrected chi connectivity index (χ1v) is 10.5. The fourth-order valence-corrected chi connectivity index (χ4v) is 3.80. The summed E-state index contributed by atoms with van der Waals surface area (Å²) < 4.78 is 51.3. The minimum absolute atomic E-state index is 0.150. The van der Waals surface area contributed by atoms with E-state index >= 15 is 0 Å². The molecule has 10 nitrogen and oxygen atoms in total. The highest BCUT2D eigenvalue weighted by molar-refractivity contribution is 7.07.